The van der Waals surface area contributed by atoms with Gasteiger partial charge in [-0.1, -0.05) is 6.07 Å². The van der Waals surface area contributed by atoms with E-state index in [9.17, 15) is 0 Å². The summed E-state index contributed by atoms with van der Waals surface area (Å²) in [5, 5.41) is 0. The van der Waals surface area contributed by atoms with Crippen LogP contribution in [0.5, 0.6) is 17.4 Å². The minimum Gasteiger partial charge on any atom is -0.494 e. The van der Waals surface area contributed by atoms with E-state index in [2.05, 4.69) is 4.98 Å². The Kier molecular flexibility index (Phi) is 4.75. The van der Waals surface area contributed by atoms with Crippen molar-refractivity contribution in [1.82, 2.24) is 4.98 Å². The van der Waals surface area contributed by atoms with E-state index in [0.717, 1.165) is 23.5 Å². The van der Waals surface area contributed by atoms with Gasteiger partial charge < -0.3 is 15.2 Å². The van der Waals surface area contributed by atoms with Crippen molar-refractivity contribution in [3.63, 3.8) is 0 Å². The number of pyridine rings is 1. The molecule has 0 bridgehead atoms. The van der Waals surface area contributed by atoms with Gasteiger partial charge in [0.1, 0.15) is 11.5 Å². The second-order valence-electron chi connectivity index (χ2n) is 4.01. The molecule has 0 aliphatic carbocycles. The fourth-order valence-electron chi connectivity index (χ4n) is 1.74. The zero-order chi connectivity index (χ0) is 13.5. The number of rotatable bonds is 6. The molecule has 1 heterocycles. The quantitative estimate of drug-likeness (QED) is 0.865. The Morgan fingerprint density at radius 2 is 1.84 bits per heavy atom. The lowest BCUT2D eigenvalue weighted by atomic mass is 10.2. The maximum atomic E-state index is 5.77. The Morgan fingerprint density at radius 3 is 2.53 bits per heavy atom. The number of ether oxygens (including phenoxy) is 2. The van der Waals surface area contributed by atoms with Gasteiger partial charge in [0.05, 0.1) is 6.61 Å². The first kappa shape index (κ1) is 13.4. The van der Waals surface area contributed by atoms with Crippen LogP contribution in [0.1, 0.15) is 12.5 Å². The van der Waals surface area contributed by atoms with Crippen molar-refractivity contribution in [2.45, 2.75) is 13.3 Å². The van der Waals surface area contributed by atoms with Crippen LogP contribution in [-0.2, 0) is 6.42 Å². The van der Waals surface area contributed by atoms with Crippen molar-refractivity contribution in [3.05, 3.63) is 48.2 Å². The van der Waals surface area contributed by atoms with Crippen molar-refractivity contribution < 1.29 is 9.47 Å². The summed E-state index contributed by atoms with van der Waals surface area (Å²) in [7, 11) is 0. The van der Waals surface area contributed by atoms with Crippen LogP contribution in [0.25, 0.3) is 0 Å². The molecule has 100 valence electrons. The Bertz CT molecular complexity index is 512. The average molecular weight is 258 g/mol. The molecule has 19 heavy (non-hydrogen) atoms. The van der Waals surface area contributed by atoms with Crippen LogP contribution in [0, 0.1) is 0 Å². The fraction of sp³-hybridized carbons (Fsp3) is 0.267. The van der Waals surface area contributed by atoms with Gasteiger partial charge in [0, 0.05) is 11.8 Å². The number of benzene rings is 1. The Hall–Kier alpha value is -2.07. The van der Waals surface area contributed by atoms with Crippen LogP contribution >= 0.6 is 0 Å². The predicted octanol–water partition coefficient (Wildman–Crippen LogP) is 2.77. The highest BCUT2D eigenvalue weighted by atomic mass is 16.5. The zero-order valence-electron chi connectivity index (χ0n) is 11.0. The number of nitrogens with two attached hydrogens (primary N) is 1. The van der Waals surface area contributed by atoms with Gasteiger partial charge in [-0.25, -0.2) is 4.98 Å². The Labute approximate surface area is 113 Å². The lowest BCUT2D eigenvalue weighted by Gasteiger charge is -2.09. The smallest absolute Gasteiger partial charge is 0.222 e. The molecule has 0 aliphatic heterocycles. The largest absolute Gasteiger partial charge is 0.494 e. The third kappa shape index (κ3) is 3.69. The maximum Gasteiger partial charge on any atom is 0.222 e. The number of hydrogen-bond acceptors (Lipinski definition) is 4. The second kappa shape index (κ2) is 6.75. The summed E-state index contributed by atoms with van der Waals surface area (Å²) in [4.78, 5) is 4.24. The Morgan fingerprint density at radius 1 is 1.11 bits per heavy atom. The first-order valence-electron chi connectivity index (χ1n) is 6.38. The molecule has 0 aliphatic rings. The molecule has 0 saturated carbocycles. The fourth-order valence-corrected chi connectivity index (χ4v) is 1.74. The van der Waals surface area contributed by atoms with Gasteiger partial charge in [0.2, 0.25) is 5.88 Å². The minimum absolute atomic E-state index is 0.575. The van der Waals surface area contributed by atoms with Gasteiger partial charge in [0.15, 0.2) is 0 Å². The topological polar surface area (TPSA) is 57.4 Å². The van der Waals surface area contributed by atoms with Crippen molar-refractivity contribution in [2.24, 2.45) is 5.73 Å². The van der Waals surface area contributed by atoms with Gasteiger partial charge in [-0.3, -0.25) is 0 Å². The summed E-state index contributed by atoms with van der Waals surface area (Å²) in [5.74, 6) is 2.18. The van der Waals surface area contributed by atoms with E-state index >= 15 is 0 Å². The summed E-state index contributed by atoms with van der Waals surface area (Å²) < 4.78 is 11.2. The van der Waals surface area contributed by atoms with Gasteiger partial charge in [-0.2, -0.15) is 0 Å². The van der Waals surface area contributed by atoms with Gasteiger partial charge >= 0.3 is 0 Å². The molecule has 0 fully saturated rings. The highest BCUT2D eigenvalue weighted by Crippen LogP contribution is 2.25. The highest BCUT2D eigenvalue weighted by Gasteiger charge is 2.05. The number of hydrogen-bond donors (Lipinski definition) is 1. The molecule has 0 radical (unpaired) electrons. The average Bonchev–Trinajstić information content (AvgIpc) is 2.44. The van der Waals surface area contributed by atoms with Crippen LogP contribution in [0.4, 0.5) is 0 Å². The van der Waals surface area contributed by atoms with E-state index in [0.29, 0.717) is 19.0 Å². The van der Waals surface area contributed by atoms with Crippen molar-refractivity contribution in [2.75, 3.05) is 13.2 Å². The summed E-state index contributed by atoms with van der Waals surface area (Å²) in [6.07, 6.45) is 2.46. The number of aromatic nitrogens is 1. The van der Waals surface area contributed by atoms with Crippen molar-refractivity contribution in [3.8, 4) is 17.4 Å². The van der Waals surface area contributed by atoms with Crippen LogP contribution in [-0.4, -0.2) is 18.1 Å². The lowest BCUT2D eigenvalue weighted by Crippen LogP contribution is -2.04. The molecule has 0 amide bonds. The normalized spacial score (nSPS) is 10.2. The third-order valence-corrected chi connectivity index (χ3v) is 2.61. The molecule has 1 aromatic heterocycles. The molecule has 0 unspecified atom stereocenters. The molecule has 2 N–H and O–H groups in total. The first-order valence-corrected chi connectivity index (χ1v) is 6.38. The molecule has 0 saturated heterocycles. The van der Waals surface area contributed by atoms with E-state index in [4.69, 9.17) is 15.2 Å². The third-order valence-electron chi connectivity index (χ3n) is 2.61. The highest BCUT2D eigenvalue weighted by molar-refractivity contribution is 5.36. The van der Waals surface area contributed by atoms with Crippen molar-refractivity contribution >= 4 is 0 Å². The minimum atomic E-state index is 0.575. The van der Waals surface area contributed by atoms with E-state index in [1.807, 2.05) is 43.3 Å². The molecule has 4 nitrogen and oxygen atoms in total. The molecular formula is C15H18N2O2. The summed E-state index contributed by atoms with van der Waals surface area (Å²) in [5.41, 5.74) is 6.59. The molecule has 2 aromatic rings. The zero-order valence-corrected chi connectivity index (χ0v) is 11.0. The Balaban J connectivity index is 2.12. The van der Waals surface area contributed by atoms with Gasteiger partial charge in [0.25, 0.3) is 0 Å². The van der Waals surface area contributed by atoms with Crippen LogP contribution in [0.3, 0.4) is 0 Å². The summed E-state index contributed by atoms with van der Waals surface area (Å²) in [6.45, 7) is 3.18. The maximum absolute atomic E-state index is 5.77. The first-order chi connectivity index (χ1) is 9.33. The molecule has 1 aromatic carbocycles. The van der Waals surface area contributed by atoms with Crippen LogP contribution in [0.2, 0.25) is 0 Å². The number of nitrogens with zero attached hydrogens (tertiary/aromatic N) is 1. The van der Waals surface area contributed by atoms with Crippen LogP contribution < -0.4 is 15.2 Å². The molecule has 4 heteroatoms. The molecule has 0 spiro atoms. The standard InChI is InChI=1S/C15H18N2O2/c1-2-18-13-5-7-14(8-6-13)19-15-12(9-10-16)4-3-11-17-15/h3-8,11H,2,9-10,16H2,1H3. The van der Waals surface area contributed by atoms with Gasteiger partial charge in [-0.15, -0.1) is 0 Å². The summed E-state index contributed by atoms with van der Waals surface area (Å²) >= 11 is 0. The van der Waals surface area contributed by atoms with Gasteiger partial charge in [-0.05, 0) is 50.2 Å². The molecule has 0 atom stereocenters. The summed E-state index contributed by atoms with van der Waals surface area (Å²) in [6, 6.07) is 11.4. The lowest BCUT2D eigenvalue weighted by molar-refractivity contribution is 0.339. The predicted molar refractivity (Wildman–Crippen MR) is 74.7 cm³/mol. The SMILES string of the molecule is CCOc1ccc(Oc2ncccc2CCN)cc1. The van der Waals surface area contributed by atoms with Crippen molar-refractivity contribution in [1.29, 1.82) is 0 Å². The van der Waals surface area contributed by atoms with E-state index in [1.165, 1.54) is 0 Å². The molecular weight excluding hydrogens is 240 g/mol. The molecule has 2 rings (SSSR count). The van der Waals surface area contributed by atoms with E-state index in [-0.39, 0.29) is 0 Å². The van der Waals surface area contributed by atoms with Crippen LogP contribution in [0.15, 0.2) is 42.6 Å². The van der Waals surface area contributed by atoms with E-state index < -0.39 is 0 Å². The second-order valence-corrected chi connectivity index (χ2v) is 4.01. The van der Waals surface area contributed by atoms with E-state index in [1.54, 1.807) is 6.20 Å². The monoisotopic (exact) mass is 258 g/mol.